The van der Waals surface area contributed by atoms with Crippen LogP contribution >= 0.6 is 11.3 Å². The number of halogens is 6. The van der Waals surface area contributed by atoms with Crippen LogP contribution in [0.15, 0.2) is 18.2 Å². The Morgan fingerprint density at radius 1 is 1.22 bits per heavy atom. The van der Waals surface area contributed by atoms with Crippen molar-refractivity contribution in [1.82, 2.24) is 25.1 Å². The average Bonchev–Trinajstić information content (AvgIpc) is 3.86. The molecule has 3 saturated heterocycles. The van der Waals surface area contributed by atoms with Crippen LogP contribution in [0.25, 0.3) is 32.1 Å². The molecule has 0 aliphatic carbocycles. The summed E-state index contributed by atoms with van der Waals surface area (Å²) in [6.07, 6.45) is -1.80. The third-order valence-electron chi connectivity index (χ3n) is 10.1. The van der Waals surface area contributed by atoms with E-state index in [1.54, 1.807) is 29.8 Å². The van der Waals surface area contributed by atoms with Gasteiger partial charge in [-0.2, -0.15) is 28.4 Å². The third-order valence-corrected chi connectivity index (χ3v) is 11.1. The van der Waals surface area contributed by atoms with Crippen LogP contribution in [0, 0.1) is 23.0 Å². The summed E-state index contributed by atoms with van der Waals surface area (Å²) < 4.78 is 92.8. The number of nitriles is 1. The van der Waals surface area contributed by atoms with Crippen molar-refractivity contribution in [2.75, 3.05) is 51.5 Å². The summed E-state index contributed by atoms with van der Waals surface area (Å²) in [5, 5.41) is 11.6. The predicted molar refractivity (Wildman–Crippen MR) is 182 cm³/mol. The lowest BCUT2D eigenvalue weighted by Crippen LogP contribution is -2.46. The zero-order valence-electron chi connectivity index (χ0n) is 28.2. The Kier molecular flexibility index (Phi) is 9.85. The van der Waals surface area contributed by atoms with Gasteiger partial charge in [0.05, 0.1) is 35.0 Å². The van der Waals surface area contributed by atoms with Crippen LogP contribution in [0.5, 0.6) is 6.01 Å². The molecule has 4 unspecified atom stereocenters. The van der Waals surface area contributed by atoms with Gasteiger partial charge in [-0.15, -0.1) is 11.3 Å². The number of carbonyl (C=O) groups excluding carboxylic acids is 1. The number of methoxy groups -OCH3 is 1. The summed E-state index contributed by atoms with van der Waals surface area (Å²) in [5.74, 6) is -2.21. The predicted octanol–water partition coefficient (Wildman–Crippen LogP) is 6.70. The van der Waals surface area contributed by atoms with E-state index >= 15 is 4.39 Å². The third kappa shape index (κ3) is 6.43. The van der Waals surface area contributed by atoms with Crippen LogP contribution in [-0.4, -0.2) is 90.9 Å². The maximum atomic E-state index is 16.5. The highest BCUT2D eigenvalue weighted by Gasteiger charge is 2.41. The molecule has 3 aliphatic heterocycles. The first kappa shape index (κ1) is 36.2. The molecule has 10 nitrogen and oxygen atoms in total. The highest BCUT2D eigenvalue weighted by Crippen LogP contribution is 2.48. The lowest BCUT2D eigenvalue weighted by molar-refractivity contribution is -0.137. The van der Waals surface area contributed by atoms with Crippen LogP contribution < -0.4 is 20.7 Å². The molecule has 5 heterocycles. The maximum absolute atomic E-state index is 16.5. The van der Waals surface area contributed by atoms with Gasteiger partial charge in [0.2, 0.25) is 0 Å². The van der Waals surface area contributed by atoms with E-state index in [0.717, 1.165) is 31.2 Å². The number of likely N-dealkylation sites (tertiary alicyclic amines) is 1. The smallest absolute Gasteiger partial charge is 0.417 e. The second kappa shape index (κ2) is 13.9. The van der Waals surface area contributed by atoms with Crippen molar-refractivity contribution in [2.24, 2.45) is 0 Å². The molecule has 17 heteroatoms. The molecule has 0 radical (unpaired) electrons. The van der Waals surface area contributed by atoms with Gasteiger partial charge in [-0.25, -0.2) is 18.0 Å². The summed E-state index contributed by atoms with van der Waals surface area (Å²) in [5.41, 5.74) is 2.50. The summed E-state index contributed by atoms with van der Waals surface area (Å²) in [6, 6.07) is 3.68. The van der Waals surface area contributed by atoms with Gasteiger partial charge in [-0.3, -0.25) is 4.90 Å². The Labute approximate surface area is 293 Å². The number of likely N-dealkylation sites (N-methyl/N-ethyl adjacent to an activating group) is 1. The van der Waals surface area contributed by atoms with E-state index in [4.69, 9.17) is 10.5 Å². The lowest BCUT2D eigenvalue weighted by atomic mass is 9.92. The second-order valence-electron chi connectivity index (χ2n) is 12.9. The highest BCUT2D eigenvalue weighted by molar-refractivity contribution is 7.23. The number of aromatic nitrogens is 2. The largest absolute Gasteiger partial charge is 0.467 e. The Morgan fingerprint density at radius 3 is 2.61 bits per heavy atom. The van der Waals surface area contributed by atoms with Gasteiger partial charge in [-0.1, -0.05) is 6.07 Å². The number of urea groups is 1. The standard InChI is InChI=1S/C27H24F5N7O2S.C7H12FN/c1-11-17(7-8-39(11)26(40)35-2)38(3)24-13-9-15(27(30,31)32)19(20(29)21(13)36-25(37-24)41-4)12-5-6-16(28)22-18(12)14(10-33)23(34)42-22;8-6-4-7-2-1-3-9(7)5-6/h5-6,9,11,17H,7-8,34H2,1-4H3,(H,35,40);6-7H,1-5H2. The van der Waals surface area contributed by atoms with Crippen LogP contribution in [-0.2, 0) is 6.18 Å². The Morgan fingerprint density at radius 2 is 1.96 bits per heavy atom. The quantitative estimate of drug-likeness (QED) is 0.222. The van der Waals surface area contributed by atoms with Crippen LogP contribution in [0.2, 0.25) is 0 Å². The molecule has 0 spiro atoms. The molecule has 2 aromatic carbocycles. The number of rotatable bonds is 4. The van der Waals surface area contributed by atoms with Crippen molar-refractivity contribution in [3.63, 3.8) is 0 Å². The molecule has 2 amide bonds. The topological polar surface area (TPSA) is 124 Å². The van der Waals surface area contributed by atoms with Gasteiger partial charge in [-0.05, 0) is 56.8 Å². The SMILES string of the molecule is CNC(=O)N1CCC(N(C)c2nc(OC)nc3c(F)c(-c4ccc(F)c5sc(N)c(C#N)c45)c(C(F)(F)F)cc23)C1C.FC1CC2CCCN2C1. The van der Waals surface area contributed by atoms with E-state index in [2.05, 4.69) is 20.2 Å². The highest BCUT2D eigenvalue weighted by atomic mass is 32.1. The number of hydrogen-bond donors (Lipinski definition) is 2. The number of anilines is 2. The Hall–Kier alpha value is -4.56. The first-order valence-corrected chi connectivity index (χ1v) is 17.2. The minimum absolute atomic E-state index is 0.0369. The number of amides is 2. The normalized spacial score (nSPS) is 21.8. The fraction of sp³-hybridized carbons (Fsp3) is 0.471. The van der Waals surface area contributed by atoms with Crippen molar-refractivity contribution >= 4 is 49.2 Å². The van der Waals surface area contributed by atoms with Gasteiger partial charge >= 0.3 is 18.2 Å². The van der Waals surface area contributed by atoms with Gasteiger partial charge in [0.15, 0.2) is 5.82 Å². The average molecular weight is 735 g/mol. The van der Waals surface area contributed by atoms with Gasteiger partial charge in [0, 0.05) is 49.6 Å². The molecule has 51 heavy (non-hydrogen) atoms. The second-order valence-corrected chi connectivity index (χ2v) is 13.9. The van der Waals surface area contributed by atoms with Gasteiger partial charge in [0.25, 0.3) is 0 Å². The van der Waals surface area contributed by atoms with Crippen LogP contribution in [0.4, 0.5) is 42.0 Å². The molecule has 272 valence electrons. The number of fused-ring (bicyclic) bond motifs is 3. The molecule has 7 rings (SSSR count). The number of hydrogen-bond acceptors (Lipinski definition) is 9. The summed E-state index contributed by atoms with van der Waals surface area (Å²) in [6.45, 7) is 4.03. The molecule has 3 fully saturated rings. The number of alkyl halides is 4. The Bertz CT molecular complexity index is 2020. The molecule has 0 saturated carbocycles. The van der Waals surface area contributed by atoms with E-state index in [1.807, 2.05) is 0 Å². The maximum Gasteiger partial charge on any atom is 0.417 e. The molecule has 2 aromatic heterocycles. The summed E-state index contributed by atoms with van der Waals surface area (Å²) in [7, 11) is 4.31. The summed E-state index contributed by atoms with van der Waals surface area (Å²) in [4.78, 5) is 26.1. The Balaban J connectivity index is 0.000000428. The van der Waals surface area contributed by atoms with E-state index in [9.17, 15) is 32.0 Å². The molecule has 3 N–H and O–H groups in total. The van der Waals surface area contributed by atoms with E-state index in [0.29, 0.717) is 36.9 Å². The van der Waals surface area contributed by atoms with Crippen molar-refractivity contribution in [2.45, 2.75) is 63.1 Å². The van der Waals surface area contributed by atoms with Crippen molar-refractivity contribution in [3.8, 4) is 23.2 Å². The number of thiophene rings is 1. The van der Waals surface area contributed by atoms with Crippen molar-refractivity contribution < 1.29 is 35.9 Å². The first-order valence-electron chi connectivity index (χ1n) is 16.4. The number of ether oxygens (including phenoxy) is 1. The van der Waals surface area contributed by atoms with E-state index < -0.39 is 40.6 Å². The zero-order valence-corrected chi connectivity index (χ0v) is 29.1. The number of benzene rings is 2. The molecule has 4 atom stereocenters. The number of nitrogens with two attached hydrogens (primary N) is 1. The van der Waals surface area contributed by atoms with E-state index in [-0.39, 0.29) is 61.5 Å². The number of nitrogen functional groups attached to an aromatic ring is 1. The van der Waals surface area contributed by atoms with Crippen LogP contribution in [0.1, 0.15) is 43.7 Å². The fourth-order valence-corrected chi connectivity index (χ4v) is 8.55. The molecule has 3 aliphatic rings. The molecule has 4 aromatic rings. The van der Waals surface area contributed by atoms with Gasteiger partial charge < -0.3 is 25.6 Å². The van der Waals surface area contributed by atoms with E-state index in [1.165, 1.54) is 27.0 Å². The molecular weight excluding hydrogens is 698 g/mol. The molecular formula is C34H36F6N8O2S. The van der Waals surface area contributed by atoms with Crippen LogP contribution in [0.3, 0.4) is 0 Å². The lowest BCUT2D eigenvalue weighted by Gasteiger charge is -2.32. The number of nitrogens with zero attached hydrogens (tertiary/aromatic N) is 6. The fourth-order valence-electron chi connectivity index (χ4n) is 7.60. The molecule has 0 bridgehead atoms. The zero-order chi connectivity index (χ0) is 36.9. The minimum atomic E-state index is -5.08. The number of nitrogens with one attached hydrogen (secondary N) is 1. The number of carbonyl (C=O) groups is 1. The van der Waals surface area contributed by atoms with Crippen molar-refractivity contribution in [3.05, 3.63) is 41.0 Å². The minimum Gasteiger partial charge on any atom is -0.467 e. The summed E-state index contributed by atoms with van der Waals surface area (Å²) >= 11 is 0.684. The van der Waals surface area contributed by atoms with Gasteiger partial charge in [0.1, 0.15) is 34.4 Å². The first-order chi connectivity index (χ1) is 24.2. The van der Waals surface area contributed by atoms with Crippen molar-refractivity contribution in [1.29, 1.82) is 5.26 Å². The monoisotopic (exact) mass is 734 g/mol.